The minimum atomic E-state index is -0.864. The zero-order valence-electron chi connectivity index (χ0n) is 17.4. The summed E-state index contributed by atoms with van der Waals surface area (Å²) < 4.78 is 28.6. The lowest BCUT2D eigenvalue weighted by Crippen LogP contribution is -1.98. The van der Waals surface area contributed by atoms with Gasteiger partial charge in [0.2, 0.25) is 0 Å². The summed E-state index contributed by atoms with van der Waals surface area (Å²) in [7, 11) is 0. The number of benzene rings is 3. The van der Waals surface area contributed by atoms with Crippen LogP contribution in [0.3, 0.4) is 0 Å². The van der Waals surface area contributed by atoms with Crippen LogP contribution in [0, 0.1) is 42.2 Å². The standard InChI is InChI=1S/C28H24F2/c1-3-4-5-6-25-19-20-26(28(30)27(25)29)18-17-24-15-13-23(14-16-24)12-11-22-9-7-21(2)8-10-22/h7-10,13-16,19-20H,3-6H2,1-2H3. The predicted octanol–water partition coefficient (Wildman–Crippen LogP) is 6.81. The summed E-state index contributed by atoms with van der Waals surface area (Å²) in [6, 6.07) is 18.7. The number of hydrogen-bond donors (Lipinski definition) is 0. The van der Waals surface area contributed by atoms with Crippen molar-refractivity contribution in [3.8, 4) is 23.7 Å². The highest BCUT2D eigenvalue weighted by atomic mass is 19.2. The third kappa shape index (κ3) is 5.82. The molecule has 0 spiro atoms. The molecule has 0 saturated carbocycles. The van der Waals surface area contributed by atoms with Gasteiger partial charge in [0.25, 0.3) is 0 Å². The number of unbranched alkanes of at least 4 members (excludes halogenated alkanes) is 2. The topological polar surface area (TPSA) is 0 Å². The monoisotopic (exact) mass is 398 g/mol. The van der Waals surface area contributed by atoms with Gasteiger partial charge in [-0.3, -0.25) is 0 Å². The van der Waals surface area contributed by atoms with Crippen molar-refractivity contribution in [1.29, 1.82) is 0 Å². The molecule has 0 saturated heterocycles. The Kier molecular flexibility index (Phi) is 7.42. The number of hydrogen-bond acceptors (Lipinski definition) is 0. The average Bonchev–Trinajstić information content (AvgIpc) is 2.76. The van der Waals surface area contributed by atoms with Crippen molar-refractivity contribution in [2.45, 2.75) is 39.5 Å². The highest BCUT2D eigenvalue weighted by molar-refractivity contribution is 5.48. The van der Waals surface area contributed by atoms with Gasteiger partial charge in [0.1, 0.15) is 0 Å². The molecule has 0 unspecified atom stereocenters. The van der Waals surface area contributed by atoms with Crippen molar-refractivity contribution in [1.82, 2.24) is 0 Å². The highest BCUT2D eigenvalue weighted by Crippen LogP contribution is 2.18. The molecule has 3 rings (SSSR count). The van der Waals surface area contributed by atoms with Crippen LogP contribution in [0.1, 0.15) is 59.6 Å². The Morgan fingerprint density at radius 3 is 1.73 bits per heavy atom. The third-order valence-corrected chi connectivity index (χ3v) is 4.84. The zero-order chi connectivity index (χ0) is 21.3. The second-order valence-electron chi connectivity index (χ2n) is 7.30. The van der Waals surface area contributed by atoms with Gasteiger partial charge in [-0.25, -0.2) is 8.78 Å². The fourth-order valence-corrected chi connectivity index (χ4v) is 3.00. The van der Waals surface area contributed by atoms with Gasteiger partial charge in [0.15, 0.2) is 11.6 Å². The maximum absolute atomic E-state index is 14.3. The molecule has 0 fully saturated rings. The Bertz CT molecular complexity index is 1120. The molecular formula is C28H24F2. The van der Waals surface area contributed by atoms with Crippen LogP contribution < -0.4 is 0 Å². The van der Waals surface area contributed by atoms with Crippen molar-refractivity contribution in [2.75, 3.05) is 0 Å². The van der Waals surface area contributed by atoms with Crippen molar-refractivity contribution in [3.63, 3.8) is 0 Å². The van der Waals surface area contributed by atoms with E-state index in [0.717, 1.165) is 36.0 Å². The van der Waals surface area contributed by atoms with Gasteiger partial charge in [-0.05, 0) is 67.8 Å². The fourth-order valence-electron chi connectivity index (χ4n) is 3.00. The molecule has 30 heavy (non-hydrogen) atoms. The molecule has 0 radical (unpaired) electrons. The van der Waals surface area contributed by atoms with E-state index in [1.54, 1.807) is 12.1 Å². The molecule has 0 aromatic heterocycles. The molecule has 150 valence electrons. The second-order valence-corrected chi connectivity index (χ2v) is 7.30. The minimum Gasteiger partial charge on any atom is -0.203 e. The van der Waals surface area contributed by atoms with Crippen LogP contribution in [0.15, 0.2) is 60.7 Å². The number of aryl methyl sites for hydroxylation is 2. The Hall–Kier alpha value is -3.36. The van der Waals surface area contributed by atoms with E-state index < -0.39 is 11.6 Å². The van der Waals surface area contributed by atoms with Gasteiger partial charge in [-0.2, -0.15) is 0 Å². The Balaban J connectivity index is 1.71. The molecule has 3 aromatic rings. The predicted molar refractivity (Wildman–Crippen MR) is 119 cm³/mol. The molecular weight excluding hydrogens is 374 g/mol. The Labute approximate surface area is 178 Å². The van der Waals surface area contributed by atoms with E-state index in [1.807, 2.05) is 55.5 Å². The second kappa shape index (κ2) is 10.4. The third-order valence-electron chi connectivity index (χ3n) is 4.84. The normalized spacial score (nSPS) is 10.0. The minimum absolute atomic E-state index is 0.0787. The van der Waals surface area contributed by atoms with E-state index >= 15 is 0 Å². The van der Waals surface area contributed by atoms with Gasteiger partial charge in [0, 0.05) is 16.7 Å². The summed E-state index contributed by atoms with van der Waals surface area (Å²) >= 11 is 0. The van der Waals surface area contributed by atoms with E-state index in [0.29, 0.717) is 12.0 Å². The van der Waals surface area contributed by atoms with Crippen LogP contribution in [0.25, 0.3) is 0 Å². The van der Waals surface area contributed by atoms with Crippen LogP contribution in [-0.2, 0) is 6.42 Å². The largest absolute Gasteiger partial charge is 0.203 e. The van der Waals surface area contributed by atoms with Crippen LogP contribution in [0.4, 0.5) is 8.78 Å². The highest BCUT2D eigenvalue weighted by Gasteiger charge is 2.11. The molecule has 0 bridgehead atoms. The lowest BCUT2D eigenvalue weighted by Gasteiger charge is -2.05. The van der Waals surface area contributed by atoms with Crippen molar-refractivity contribution < 1.29 is 8.78 Å². The quantitative estimate of drug-likeness (QED) is 0.335. The first kappa shape index (κ1) is 21.4. The van der Waals surface area contributed by atoms with Crippen LogP contribution >= 0.6 is 0 Å². The summed E-state index contributed by atoms with van der Waals surface area (Å²) in [5, 5.41) is 0. The van der Waals surface area contributed by atoms with Crippen molar-refractivity contribution in [2.24, 2.45) is 0 Å². The van der Waals surface area contributed by atoms with Gasteiger partial charge in [0.05, 0.1) is 5.56 Å². The molecule has 0 nitrogen and oxygen atoms in total. The molecule has 0 heterocycles. The van der Waals surface area contributed by atoms with Crippen LogP contribution in [0.5, 0.6) is 0 Å². The number of halogens is 2. The maximum atomic E-state index is 14.3. The van der Waals surface area contributed by atoms with E-state index in [-0.39, 0.29) is 5.56 Å². The first-order chi connectivity index (χ1) is 14.6. The summed E-state index contributed by atoms with van der Waals surface area (Å²) in [6.07, 6.45) is 3.46. The van der Waals surface area contributed by atoms with E-state index in [9.17, 15) is 8.78 Å². The van der Waals surface area contributed by atoms with Gasteiger partial charge in [-0.15, -0.1) is 0 Å². The van der Waals surface area contributed by atoms with E-state index in [4.69, 9.17) is 0 Å². The molecule has 0 atom stereocenters. The SMILES string of the molecule is CCCCCc1ccc(C#Cc2ccc(C#Cc3ccc(C)cc3)cc2)c(F)c1F. The van der Waals surface area contributed by atoms with Crippen molar-refractivity contribution in [3.05, 3.63) is 106 Å². The summed E-state index contributed by atoms with van der Waals surface area (Å²) in [6.45, 7) is 4.12. The van der Waals surface area contributed by atoms with Crippen molar-refractivity contribution >= 4 is 0 Å². The number of rotatable bonds is 4. The van der Waals surface area contributed by atoms with Gasteiger partial charge >= 0.3 is 0 Å². The summed E-state index contributed by atoms with van der Waals surface area (Å²) in [5.74, 6) is 10.2. The molecule has 0 aliphatic rings. The molecule has 2 heteroatoms. The lowest BCUT2D eigenvalue weighted by molar-refractivity contribution is 0.494. The van der Waals surface area contributed by atoms with Gasteiger partial charge in [-0.1, -0.05) is 67.2 Å². The maximum Gasteiger partial charge on any atom is 0.174 e. The van der Waals surface area contributed by atoms with E-state index in [2.05, 4.69) is 30.6 Å². The average molecular weight is 398 g/mol. The lowest BCUT2D eigenvalue weighted by atomic mass is 10.0. The van der Waals surface area contributed by atoms with Gasteiger partial charge < -0.3 is 0 Å². The smallest absolute Gasteiger partial charge is 0.174 e. The fraction of sp³-hybridized carbons (Fsp3) is 0.214. The first-order valence-corrected chi connectivity index (χ1v) is 10.2. The zero-order valence-corrected chi connectivity index (χ0v) is 17.4. The Morgan fingerprint density at radius 2 is 1.17 bits per heavy atom. The van der Waals surface area contributed by atoms with Crippen LogP contribution in [0.2, 0.25) is 0 Å². The Morgan fingerprint density at radius 1 is 0.633 bits per heavy atom. The first-order valence-electron chi connectivity index (χ1n) is 10.2. The van der Waals surface area contributed by atoms with E-state index in [1.165, 1.54) is 5.56 Å². The summed E-state index contributed by atoms with van der Waals surface area (Å²) in [4.78, 5) is 0. The molecule has 0 aliphatic carbocycles. The molecule has 0 N–H and O–H groups in total. The summed E-state index contributed by atoms with van der Waals surface area (Å²) in [5.41, 5.74) is 4.25. The van der Waals surface area contributed by atoms with Crippen LogP contribution in [-0.4, -0.2) is 0 Å². The molecule has 0 aliphatic heterocycles. The molecule has 0 amide bonds. The molecule has 3 aromatic carbocycles.